The highest BCUT2D eigenvalue weighted by atomic mass is 16.4. The van der Waals surface area contributed by atoms with Crippen LogP contribution in [0.4, 0.5) is 0 Å². The van der Waals surface area contributed by atoms with E-state index in [1.807, 2.05) is 24.3 Å². The van der Waals surface area contributed by atoms with Gasteiger partial charge in [0.25, 0.3) is 0 Å². The van der Waals surface area contributed by atoms with Crippen LogP contribution >= 0.6 is 0 Å². The van der Waals surface area contributed by atoms with Crippen molar-refractivity contribution in [3.63, 3.8) is 0 Å². The van der Waals surface area contributed by atoms with Crippen LogP contribution in [0.25, 0.3) is 10.9 Å². The van der Waals surface area contributed by atoms with Crippen LogP contribution in [0.1, 0.15) is 71.3 Å². The summed E-state index contributed by atoms with van der Waals surface area (Å²) < 4.78 is 0. The lowest BCUT2D eigenvalue weighted by Gasteiger charge is -2.33. The summed E-state index contributed by atoms with van der Waals surface area (Å²) in [6.07, 6.45) is 2.65. The lowest BCUT2D eigenvalue weighted by atomic mass is 9.97. The minimum atomic E-state index is -1.57. The molecule has 9 atom stereocenters. The Kier molecular flexibility index (Phi) is 17.4. The Balaban J connectivity index is 1.54. The number of aliphatic imine (C=N–C) groups is 1. The van der Waals surface area contributed by atoms with Crippen molar-refractivity contribution in [2.45, 2.75) is 121 Å². The highest BCUT2D eigenvalue weighted by molar-refractivity contribution is 5.98. The zero-order valence-electron chi connectivity index (χ0n) is 34.8. The van der Waals surface area contributed by atoms with Gasteiger partial charge in [-0.2, -0.15) is 0 Å². The molecule has 3 heterocycles. The Morgan fingerprint density at radius 3 is 2.18 bits per heavy atom. The number of nitrogens with zero attached hydrogens (tertiary/aromatic N) is 3. The second-order valence-corrected chi connectivity index (χ2v) is 15.7. The fraction of sp³-hybridized carbons (Fsp3) is 0.600. The van der Waals surface area contributed by atoms with Gasteiger partial charge in [0.1, 0.15) is 42.3 Å². The summed E-state index contributed by atoms with van der Waals surface area (Å²) in [6.45, 7) is 4.45. The van der Waals surface area contributed by atoms with Gasteiger partial charge in [-0.1, -0.05) is 38.5 Å². The average molecular weight is 856 g/mol. The first-order valence-electron chi connectivity index (χ1n) is 20.7. The van der Waals surface area contributed by atoms with Gasteiger partial charge in [-0.05, 0) is 63.0 Å². The molecule has 2 saturated heterocycles. The van der Waals surface area contributed by atoms with Crippen molar-refractivity contribution in [1.29, 1.82) is 0 Å². The van der Waals surface area contributed by atoms with Crippen LogP contribution < -0.4 is 38.5 Å². The number of likely N-dealkylation sites (tertiary alicyclic amines) is 2. The molecule has 2 fully saturated rings. The normalized spacial score (nSPS) is 19.8. The maximum atomic E-state index is 14.6. The number of aromatic nitrogens is 1. The van der Waals surface area contributed by atoms with Gasteiger partial charge < -0.3 is 68.6 Å². The quantitative estimate of drug-likeness (QED) is 0.0352. The number of aliphatic carboxylic acids is 1. The van der Waals surface area contributed by atoms with Gasteiger partial charge in [0.05, 0.1) is 12.7 Å². The predicted octanol–water partition coefficient (Wildman–Crippen LogP) is -2.48. The van der Waals surface area contributed by atoms with Crippen LogP contribution in [0, 0.1) is 5.92 Å². The van der Waals surface area contributed by atoms with Crippen LogP contribution in [0.15, 0.2) is 35.5 Å². The summed E-state index contributed by atoms with van der Waals surface area (Å²) in [5.74, 6) is -6.09. The molecule has 61 heavy (non-hydrogen) atoms. The fourth-order valence-corrected chi connectivity index (χ4v) is 7.63. The number of rotatable bonds is 21. The fourth-order valence-electron chi connectivity index (χ4n) is 7.63. The van der Waals surface area contributed by atoms with E-state index in [0.717, 1.165) is 10.9 Å². The zero-order chi connectivity index (χ0) is 45.0. The number of hydrogen-bond acceptors (Lipinski definition) is 11. The monoisotopic (exact) mass is 855 g/mol. The number of guanidine groups is 1. The molecule has 2 aliphatic heterocycles. The van der Waals surface area contributed by atoms with Crippen molar-refractivity contribution >= 4 is 58.3 Å². The van der Waals surface area contributed by atoms with E-state index in [4.69, 9.17) is 17.2 Å². The highest BCUT2D eigenvalue weighted by Gasteiger charge is 2.44. The Bertz CT molecular complexity index is 1920. The molecule has 21 nitrogen and oxygen atoms in total. The van der Waals surface area contributed by atoms with Crippen molar-refractivity contribution < 1.29 is 48.9 Å². The van der Waals surface area contributed by atoms with Gasteiger partial charge in [0, 0.05) is 43.2 Å². The smallest absolute Gasteiger partial charge is 0.326 e. The van der Waals surface area contributed by atoms with E-state index in [-0.39, 0.29) is 57.7 Å². The van der Waals surface area contributed by atoms with Crippen LogP contribution in [-0.2, 0) is 40.0 Å². The van der Waals surface area contributed by atoms with Crippen molar-refractivity contribution in [1.82, 2.24) is 36.1 Å². The number of H-pyrrole nitrogens is 1. The van der Waals surface area contributed by atoms with Gasteiger partial charge in [0.2, 0.25) is 35.4 Å². The predicted molar refractivity (Wildman–Crippen MR) is 223 cm³/mol. The van der Waals surface area contributed by atoms with Crippen LogP contribution in [0.5, 0.6) is 0 Å². The van der Waals surface area contributed by atoms with Crippen molar-refractivity contribution in [2.75, 3.05) is 26.2 Å². The molecule has 2 aliphatic rings. The van der Waals surface area contributed by atoms with Gasteiger partial charge in [-0.3, -0.25) is 33.8 Å². The number of amides is 6. The van der Waals surface area contributed by atoms with E-state index in [0.29, 0.717) is 24.8 Å². The molecule has 6 amide bonds. The molecular formula is C40H61N11O10. The third-order valence-corrected chi connectivity index (χ3v) is 11.4. The number of aliphatic hydroxyl groups excluding tert-OH is 2. The molecular weight excluding hydrogens is 795 g/mol. The maximum Gasteiger partial charge on any atom is 0.326 e. The second kappa shape index (κ2) is 22.2. The summed E-state index contributed by atoms with van der Waals surface area (Å²) in [7, 11) is 0. The van der Waals surface area contributed by atoms with E-state index in [1.54, 1.807) is 20.0 Å². The summed E-state index contributed by atoms with van der Waals surface area (Å²) in [4.78, 5) is 104. The first kappa shape index (κ1) is 47.9. The average Bonchev–Trinajstić information content (AvgIpc) is 4.02. The Morgan fingerprint density at radius 1 is 0.885 bits per heavy atom. The highest BCUT2D eigenvalue weighted by Crippen LogP contribution is 2.27. The van der Waals surface area contributed by atoms with Crippen LogP contribution in [0.2, 0.25) is 0 Å². The molecule has 0 bridgehead atoms. The number of aliphatic hydroxyl groups is 2. The Hall–Kier alpha value is -5.80. The van der Waals surface area contributed by atoms with Gasteiger partial charge in [0.15, 0.2) is 5.96 Å². The number of para-hydroxylation sites is 1. The topological polar surface area (TPSA) is 341 Å². The van der Waals surface area contributed by atoms with Crippen molar-refractivity contribution in [3.05, 3.63) is 36.0 Å². The molecule has 0 spiro atoms. The molecule has 0 aliphatic carbocycles. The Labute approximate surface area is 353 Å². The van der Waals surface area contributed by atoms with Crippen molar-refractivity contribution in [3.8, 4) is 0 Å². The molecule has 21 heteroatoms. The lowest BCUT2D eigenvalue weighted by molar-refractivity contribution is -0.149. The summed E-state index contributed by atoms with van der Waals surface area (Å²) in [5, 5.41) is 40.9. The van der Waals surface area contributed by atoms with Gasteiger partial charge in [-0.15, -0.1) is 0 Å². The third kappa shape index (κ3) is 12.4. The molecule has 0 radical (unpaired) electrons. The number of nitrogens with one attached hydrogen (secondary N) is 5. The number of aromatic amines is 1. The van der Waals surface area contributed by atoms with Crippen molar-refractivity contribution in [2.24, 2.45) is 28.1 Å². The van der Waals surface area contributed by atoms with E-state index in [1.165, 1.54) is 16.7 Å². The molecule has 0 unspecified atom stereocenters. The van der Waals surface area contributed by atoms with E-state index < -0.39 is 102 Å². The van der Waals surface area contributed by atoms with Gasteiger partial charge >= 0.3 is 5.97 Å². The largest absolute Gasteiger partial charge is 0.480 e. The minimum Gasteiger partial charge on any atom is -0.480 e. The number of hydrogen-bond donors (Lipinski definition) is 11. The first-order valence-corrected chi connectivity index (χ1v) is 20.7. The number of nitrogens with two attached hydrogens (primary N) is 3. The number of carbonyl (C=O) groups excluding carboxylic acids is 6. The molecule has 1 aromatic heterocycles. The SMILES string of the molecule is CC[C@H](C)[C@H](NC(=O)[C@@H](N)[C@@H](C)O)C(=O)N[C@@H](CO)C(=O)N[C@@H](Cc1c[nH]c2ccccc12)C(=O)N1CCC[C@H]1C(=O)N1CCC[C@H]1C(=O)N[C@@H](CCCN=C(N)N)C(=O)O. The maximum absolute atomic E-state index is 14.6. The Morgan fingerprint density at radius 2 is 1.54 bits per heavy atom. The standard InChI is InChI=1S/C40H61N11O10/c1-4-21(2)32(49-35(56)31(41)22(3)53)36(57)48-28(20-52)33(54)47-27(18-23-19-45-25-11-6-5-10-24(23)25)37(58)51-17-9-14-30(51)38(59)50-16-8-13-29(50)34(55)46-26(39(60)61)12-7-15-44-40(42)43/h5-6,10-11,19,21-22,26-32,45,52-53H,4,7-9,12-18,20,41H2,1-3H3,(H,46,55)(H,47,54)(H,48,57)(H,49,56)(H,60,61)(H4,42,43,44)/t21-,22+,26-,27-,28-,29-,30-,31-,32-/m0/s1. The number of carboxylic acids is 1. The minimum absolute atomic E-state index is 0.0431. The first-order chi connectivity index (χ1) is 29.0. The number of carboxylic acid groups (broad SMARTS) is 1. The molecule has 0 saturated carbocycles. The lowest BCUT2D eigenvalue weighted by Crippen LogP contribution is -2.61. The molecule has 1 aromatic carbocycles. The van der Waals surface area contributed by atoms with E-state index >= 15 is 0 Å². The second-order valence-electron chi connectivity index (χ2n) is 15.7. The summed E-state index contributed by atoms with van der Waals surface area (Å²) in [5.41, 5.74) is 17.9. The molecule has 336 valence electrons. The van der Waals surface area contributed by atoms with Gasteiger partial charge in [-0.25, -0.2) is 4.79 Å². The molecule has 2 aromatic rings. The summed E-state index contributed by atoms with van der Waals surface area (Å²) >= 11 is 0. The third-order valence-electron chi connectivity index (χ3n) is 11.4. The molecule has 4 rings (SSSR count). The van der Waals surface area contributed by atoms with E-state index in [9.17, 15) is 48.9 Å². The number of benzene rings is 1. The number of carbonyl (C=O) groups is 7. The number of fused-ring (bicyclic) bond motifs is 1. The molecule has 14 N–H and O–H groups in total. The zero-order valence-corrected chi connectivity index (χ0v) is 34.8. The summed E-state index contributed by atoms with van der Waals surface area (Å²) in [6, 6.07) is -1.28. The van der Waals surface area contributed by atoms with E-state index in [2.05, 4.69) is 31.2 Å². The van der Waals surface area contributed by atoms with Crippen LogP contribution in [-0.4, -0.2) is 152 Å². The van der Waals surface area contributed by atoms with Crippen LogP contribution in [0.3, 0.4) is 0 Å².